The van der Waals surface area contributed by atoms with Crippen LogP contribution in [0.3, 0.4) is 0 Å². The Hall–Kier alpha value is -6.76. The molecule has 0 saturated carbocycles. The summed E-state index contributed by atoms with van der Waals surface area (Å²) in [6, 6.07) is 0. The Morgan fingerprint density at radius 3 is 1.16 bits per heavy atom. The molecule has 4 atom stereocenters. The van der Waals surface area contributed by atoms with Gasteiger partial charge >= 0.3 is 5.97 Å². The largest absolute Gasteiger partial charge is 0.464 e. The zero-order valence-corrected chi connectivity index (χ0v) is 65.8. The fourth-order valence-corrected chi connectivity index (χ4v) is 14.5. The smallest absolute Gasteiger partial charge is 0.305 e. The van der Waals surface area contributed by atoms with Crippen molar-refractivity contribution in [2.45, 2.75) is 238 Å². The second-order valence-corrected chi connectivity index (χ2v) is 39.4. The first-order chi connectivity index (χ1) is 47.6. The molecule has 0 amide bonds. The maximum absolute atomic E-state index is 13.4. The van der Waals surface area contributed by atoms with Gasteiger partial charge in [0.1, 0.15) is 18.8 Å². The second kappa shape index (κ2) is 57.9. The van der Waals surface area contributed by atoms with Crippen molar-refractivity contribution in [3.8, 4) is 190 Å². The molecule has 1 rings (SSSR count). The van der Waals surface area contributed by atoms with E-state index in [0.29, 0.717) is 19.6 Å². The monoisotopic (exact) mass is 1400 g/mol. The first-order valence-electron chi connectivity index (χ1n) is 35.5. The number of carbonyl (C=O) groups excluding carboxylic acids is 1. The molecule has 0 radical (unpaired) electrons. The number of unbranched alkanes of at least 4 members (excludes halogenated alkanes) is 11. The van der Waals surface area contributed by atoms with Crippen LogP contribution >= 0.6 is 21.6 Å². The molecule has 1 heterocycles. The Morgan fingerprint density at radius 2 is 0.778 bits per heavy atom. The molecule has 0 aliphatic carbocycles. The molecule has 0 aromatic carbocycles. The summed E-state index contributed by atoms with van der Waals surface area (Å²) in [5.74, 6) is 77.4. The van der Waals surface area contributed by atoms with Crippen molar-refractivity contribution in [2.24, 2.45) is 0 Å². The SMILES string of the molecule is C#CC#CC#CC#CC#CC#CC#CC#CC(O)CN(CCCCSSCCCN1CCN(CCOC(=O)CCCN(CC(CCCCCCCC)O[Si](C)(C)C(C)(C)C)CC(CCCCCCCC)O[Si](C)(C)C(C)(C)C)CC1)CC(O)C#CC#CC#CC#CC#CC#CC#CC#C. The van der Waals surface area contributed by atoms with Crippen molar-refractivity contribution in [3.63, 3.8) is 0 Å². The van der Waals surface area contributed by atoms with E-state index in [2.05, 4.69) is 274 Å². The van der Waals surface area contributed by atoms with Crippen LogP contribution in [0.4, 0.5) is 0 Å². The fraction of sp³-hybridized carbons (Fsp3) is 0.612. The van der Waals surface area contributed by atoms with Gasteiger partial charge in [-0.05, 0) is 260 Å². The number of rotatable bonds is 43. The third-order valence-electron chi connectivity index (χ3n) is 16.9. The standard InChI is InChI=1S/C85H112N4O6S2Si2/c1-15-19-23-27-31-33-35-37-39-41-43-45-47-51-59-79(90)75-88(76-80(91)60-52-48-46-44-42-40-38-36-34-32-28-24-20-16-2)64-55-56-73-96-97-74-58-66-86-67-69-87(70-68-86)71-72-93-83(92)63-57-65-89(77-81(61-53-49-29-25-21-17-3)94-98(11,12)84(5,6)7)78-82(62-54-50-30-26-22-18-4)95-99(13,14)85(8,9)10/h1-2,79-82,90-91H,17-18,21-22,25-26,29-30,49-50,53-58,61-78H2,3-14H3. The van der Waals surface area contributed by atoms with E-state index in [4.69, 9.17) is 26.4 Å². The number of terminal acetylenes is 2. The van der Waals surface area contributed by atoms with Crippen molar-refractivity contribution < 1.29 is 28.6 Å². The van der Waals surface area contributed by atoms with Gasteiger partial charge in [0.15, 0.2) is 16.6 Å². The van der Waals surface area contributed by atoms with E-state index < -0.39 is 28.8 Å². The fourth-order valence-electron chi connectivity index (χ4n) is 9.54. The van der Waals surface area contributed by atoms with Gasteiger partial charge in [0.05, 0.1) is 12.2 Å². The summed E-state index contributed by atoms with van der Waals surface area (Å²) in [6.07, 6.45) is 29.7. The van der Waals surface area contributed by atoms with Crippen LogP contribution in [0, 0.1) is 190 Å². The lowest BCUT2D eigenvalue weighted by atomic mass is 10.1. The number of nitrogens with zero attached hydrogens (tertiary/aromatic N) is 4. The number of carbonyl (C=O) groups is 1. The molecule has 14 heteroatoms. The summed E-state index contributed by atoms with van der Waals surface area (Å²) < 4.78 is 20.6. The average molecular weight is 1410 g/mol. The first-order valence-corrected chi connectivity index (χ1v) is 43.8. The van der Waals surface area contributed by atoms with Crippen LogP contribution in [0.15, 0.2) is 0 Å². The first kappa shape index (κ1) is 90.3. The molecule has 1 aliphatic heterocycles. The average Bonchev–Trinajstić information content (AvgIpc) is 0.918. The van der Waals surface area contributed by atoms with E-state index in [0.717, 1.165) is 109 Å². The molecule has 1 aliphatic rings. The number of hydrogen-bond donors (Lipinski definition) is 2. The van der Waals surface area contributed by atoms with E-state index in [9.17, 15) is 15.0 Å². The van der Waals surface area contributed by atoms with Gasteiger partial charge in [0.2, 0.25) is 0 Å². The van der Waals surface area contributed by atoms with Gasteiger partial charge in [-0.1, -0.05) is 166 Å². The zero-order chi connectivity index (χ0) is 73.0. The quantitative estimate of drug-likeness (QED) is 0.0200. The van der Waals surface area contributed by atoms with Gasteiger partial charge in [-0.3, -0.25) is 19.5 Å². The van der Waals surface area contributed by atoms with E-state index in [1.807, 2.05) is 26.5 Å². The molecule has 0 aromatic heterocycles. The van der Waals surface area contributed by atoms with Crippen molar-refractivity contribution in [1.29, 1.82) is 0 Å². The number of aliphatic hydroxyl groups excluding tert-OH is 2. The highest BCUT2D eigenvalue weighted by atomic mass is 33.1. The maximum atomic E-state index is 13.4. The van der Waals surface area contributed by atoms with E-state index >= 15 is 0 Å². The van der Waals surface area contributed by atoms with Gasteiger partial charge < -0.3 is 28.7 Å². The molecule has 4 unspecified atom stereocenters. The van der Waals surface area contributed by atoms with Crippen LogP contribution in [-0.4, -0.2) is 173 Å². The molecule has 0 bridgehead atoms. The van der Waals surface area contributed by atoms with Crippen LogP contribution in [0.2, 0.25) is 36.3 Å². The van der Waals surface area contributed by atoms with Crippen molar-refractivity contribution in [3.05, 3.63) is 0 Å². The normalized spacial score (nSPS) is 12.8. The van der Waals surface area contributed by atoms with Gasteiger partial charge in [-0.2, -0.15) is 0 Å². The van der Waals surface area contributed by atoms with Crippen molar-refractivity contribution in [1.82, 2.24) is 19.6 Å². The Bertz CT molecular complexity index is 3260. The summed E-state index contributed by atoms with van der Waals surface area (Å²) >= 11 is 0. The summed E-state index contributed by atoms with van der Waals surface area (Å²) in [7, 11) is -0.327. The molecule has 2 N–H and O–H groups in total. The Morgan fingerprint density at radius 1 is 0.444 bits per heavy atom. The Kier molecular flexibility index (Phi) is 52.8. The molecule has 1 fully saturated rings. The molecular weight excluding hydrogens is 1290 g/mol. The van der Waals surface area contributed by atoms with Gasteiger partial charge in [-0.15, -0.1) is 12.8 Å². The molecule has 1 saturated heterocycles. The number of aliphatic hydroxyl groups is 2. The van der Waals surface area contributed by atoms with Crippen LogP contribution < -0.4 is 0 Å². The van der Waals surface area contributed by atoms with Crippen molar-refractivity contribution >= 4 is 44.2 Å². The third kappa shape index (κ3) is 51.1. The lowest BCUT2D eigenvalue weighted by Crippen LogP contribution is -2.50. The highest BCUT2D eigenvalue weighted by Crippen LogP contribution is 2.39. The highest BCUT2D eigenvalue weighted by Gasteiger charge is 2.41. The predicted molar refractivity (Wildman–Crippen MR) is 423 cm³/mol. The summed E-state index contributed by atoms with van der Waals surface area (Å²) in [5, 5.41) is 21.8. The van der Waals surface area contributed by atoms with Gasteiger partial charge in [-0.25, -0.2) is 0 Å². The summed E-state index contributed by atoms with van der Waals surface area (Å²) in [4.78, 5) is 22.9. The Labute approximate surface area is 613 Å². The van der Waals surface area contributed by atoms with E-state index in [1.165, 1.54) is 77.0 Å². The minimum Gasteiger partial charge on any atom is -0.464 e. The van der Waals surface area contributed by atoms with Crippen LogP contribution in [-0.2, 0) is 18.4 Å². The number of esters is 1. The number of ether oxygens (including phenoxy) is 1. The van der Waals surface area contributed by atoms with E-state index in [1.54, 1.807) is 0 Å². The number of hydrogen-bond acceptors (Lipinski definition) is 12. The van der Waals surface area contributed by atoms with Gasteiger partial charge in [0.25, 0.3) is 0 Å². The molecule has 528 valence electrons. The summed E-state index contributed by atoms with van der Waals surface area (Å²) in [5.41, 5.74) is 0. The van der Waals surface area contributed by atoms with E-state index in [-0.39, 0.29) is 41.3 Å². The zero-order valence-electron chi connectivity index (χ0n) is 62.1. The third-order valence-corrected chi connectivity index (χ3v) is 28.6. The molecule has 99 heavy (non-hydrogen) atoms. The lowest BCUT2D eigenvalue weighted by Gasteiger charge is -2.42. The minimum absolute atomic E-state index is 0.105. The highest BCUT2D eigenvalue weighted by molar-refractivity contribution is 8.76. The Balaban J connectivity index is 2.83. The lowest BCUT2D eigenvalue weighted by molar-refractivity contribution is -0.144. The van der Waals surface area contributed by atoms with Crippen molar-refractivity contribution in [2.75, 3.05) is 96.6 Å². The molecule has 0 spiro atoms. The second-order valence-electron chi connectivity index (χ2n) is 27.2. The number of piperazine rings is 1. The van der Waals surface area contributed by atoms with Gasteiger partial charge in [0, 0.05) is 76.8 Å². The summed E-state index contributed by atoms with van der Waals surface area (Å²) in [6.45, 7) is 37.9. The maximum Gasteiger partial charge on any atom is 0.305 e. The molecular formula is C85H112N4O6S2Si2. The van der Waals surface area contributed by atoms with Crippen LogP contribution in [0.1, 0.15) is 177 Å². The van der Waals surface area contributed by atoms with Crippen LogP contribution in [0.5, 0.6) is 0 Å². The minimum atomic E-state index is -2.05. The molecule has 10 nitrogen and oxygen atoms in total. The molecule has 0 aromatic rings. The van der Waals surface area contributed by atoms with Crippen LogP contribution in [0.25, 0.3) is 0 Å². The predicted octanol–water partition coefficient (Wildman–Crippen LogP) is 12.4. The topological polar surface area (TPSA) is 98.2 Å².